The Hall–Kier alpha value is -5.45. The monoisotopic (exact) mass is 567 g/mol. The molecule has 0 radical (unpaired) electrons. The number of fused-ring (bicyclic) bond motifs is 3. The lowest BCUT2D eigenvalue weighted by atomic mass is 9.94. The fourth-order valence-corrected chi connectivity index (χ4v) is 6.79. The summed E-state index contributed by atoms with van der Waals surface area (Å²) >= 11 is 1.85. The fraction of sp³-hybridized carbons (Fsp3) is 0. The van der Waals surface area contributed by atoms with Crippen molar-refractivity contribution in [2.75, 3.05) is 0 Å². The highest BCUT2D eigenvalue weighted by molar-refractivity contribution is 7.26. The summed E-state index contributed by atoms with van der Waals surface area (Å²) in [4.78, 5) is 14.7. The first kappa shape index (κ1) is 25.3. The molecule has 0 aliphatic rings. The van der Waals surface area contributed by atoms with Gasteiger partial charge in [-0.15, -0.1) is 11.3 Å². The Morgan fingerprint density at radius 2 is 0.814 bits per heavy atom. The number of hydrogen-bond acceptors (Lipinski definition) is 4. The quantitative estimate of drug-likeness (QED) is 0.208. The van der Waals surface area contributed by atoms with Gasteiger partial charge in [0, 0.05) is 36.9 Å². The number of aromatic nitrogens is 3. The molecule has 0 N–H and O–H groups in total. The molecule has 0 unspecified atom stereocenters. The Morgan fingerprint density at radius 1 is 0.349 bits per heavy atom. The van der Waals surface area contributed by atoms with Crippen molar-refractivity contribution >= 4 is 31.5 Å². The van der Waals surface area contributed by atoms with Crippen LogP contribution in [0.5, 0.6) is 0 Å². The predicted molar refractivity (Wildman–Crippen MR) is 180 cm³/mol. The normalized spacial score (nSPS) is 11.3. The van der Waals surface area contributed by atoms with Gasteiger partial charge in [-0.2, -0.15) is 0 Å². The lowest BCUT2D eigenvalue weighted by Gasteiger charge is -2.11. The van der Waals surface area contributed by atoms with Crippen molar-refractivity contribution in [3.63, 3.8) is 0 Å². The van der Waals surface area contributed by atoms with Crippen molar-refractivity contribution in [2.24, 2.45) is 0 Å². The summed E-state index contributed by atoms with van der Waals surface area (Å²) < 4.78 is 2.59. The number of rotatable bonds is 5. The summed E-state index contributed by atoms with van der Waals surface area (Å²) in [6, 6.07) is 52.8. The molecule has 0 atom stereocenters. The van der Waals surface area contributed by atoms with E-state index >= 15 is 0 Å². The Balaban J connectivity index is 1.27. The highest BCUT2D eigenvalue weighted by Crippen LogP contribution is 2.43. The zero-order valence-corrected chi connectivity index (χ0v) is 24.0. The SMILES string of the molecule is c1ccc(-c2cc(-c3ccc(-c4nc(-c5ccccc5)nc(-c5ccccc5)n4)cc3)c3c(c2)sc2ccccc23)cc1. The van der Waals surface area contributed by atoms with E-state index < -0.39 is 0 Å². The first-order valence-electron chi connectivity index (χ1n) is 14.3. The molecule has 202 valence electrons. The van der Waals surface area contributed by atoms with Gasteiger partial charge in [-0.3, -0.25) is 0 Å². The average Bonchev–Trinajstić information content (AvgIpc) is 3.48. The third-order valence-corrected chi connectivity index (χ3v) is 8.86. The van der Waals surface area contributed by atoms with Crippen LogP contribution < -0.4 is 0 Å². The van der Waals surface area contributed by atoms with Crippen LogP contribution in [0.2, 0.25) is 0 Å². The van der Waals surface area contributed by atoms with Crippen molar-refractivity contribution in [2.45, 2.75) is 0 Å². The van der Waals surface area contributed by atoms with Crippen LogP contribution in [0, 0.1) is 0 Å². The van der Waals surface area contributed by atoms with Crippen LogP contribution in [-0.2, 0) is 0 Å². The number of thiophene rings is 1. The zero-order chi connectivity index (χ0) is 28.6. The van der Waals surface area contributed by atoms with Gasteiger partial charge < -0.3 is 0 Å². The van der Waals surface area contributed by atoms with Crippen LogP contribution in [0.3, 0.4) is 0 Å². The summed E-state index contributed by atoms with van der Waals surface area (Å²) in [5.74, 6) is 1.98. The number of nitrogens with zero attached hydrogens (tertiary/aromatic N) is 3. The third kappa shape index (κ3) is 4.78. The van der Waals surface area contributed by atoms with Crippen LogP contribution in [0.25, 0.3) is 76.6 Å². The summed E-state index contributed by atoms with van der Waals surface area (Å²) in [6.07, 6.45) is 0. The molecule has 0 spiro atoms. The molecule has 8 aromatic rings. The molecule has 0 saturated heterocycles. The van der Waals surface area contributed by atoms with E-state index in [1.807, 2.05) is 72.0 Å². The molecule has 2 heterocycles. The average molecular weight is 568 g/mol. The molecule has 0 bridgehead atoms. The van der Waals surface area contributed by atoms with E-state index in [4.69, 9.17) is 15.0 Å². The van der Waals surface area contributed by atoms with Gasteiger partial charge in [-0.25, -0.2) is 15.0 Å². The molecule has 0 aliphatic carbocycles. The second-order valence-electron chi connectivity index (χ2n) is 10.5. The summed E-state index contributed by atoms with van der Waals surface area (Å²) in [6.45, 7) is 0. The second-order valence-corrected chi connectivity index (χ2v) is 11.6. The second kappa shape index (κ2) is 10.8. The van der Waals surface area contributed by atoms with Crippen LogP contribution in [0.1, 0.15) is 0 Å². The lowest BCUT2D eigenvalue weighted by Crippen LogP contribution is -2.00. The molecule has 4 heteroatoms. The molecule has 0 saturated carbocycles. The van der Waals surface area contributed by atoms with Gasteiger partial charge in [0.2, 0.25) is 0 Å². The minimum atomic E-state index is 0.656. The topological polar surface area (TPSA) is 38.7 Å². The van der Waals surface area contributed by atoms with E-state index in [9.17, 15) is 0 Å². The van der Waals surface area contributed by atoms with Gasteiger partial charge in [0.05, 0.1) is 0 Å². The van der Waals surface area contributed by atoms with Crippen molar-refractivity contribution < 1.29 is 0 Å². The maximum atomic E-state index is 4.92. The maximum absolute atomic E-state index is 4.92. The molecule has 0 fully saturated rings. The minimum absolute atomic E-state index is 0.656. The standard InChI is InChI=1S/C39H25N3S/c1-4-12-26(13-5-1)31-24-33(36-32-18-10-11-19-34(32)43-35(36)25-31)27-20-22-30(23-21-27)39-41-37(28-14-6-2-7-15-28)40-38(42-39)29-16-8-3-9-17-29/h1-25H. The largest absolute Gasteiger partial charge is 0.208 e. The van der Waals surface area contributed by atoms with Crippen molar-refractivity contribution in [3.05, 3.63) is 152 Å². The molecule has 43 heavy (non-hydrogen) atoms. The van der Waals surface area contributed by atoms with Gasteiger partial charge in [0.15, 0.2) is 17.5 Å². The summed E-state index contributed by atoms with van der Waals surface area (Å²) in [5.41, 5.74) is 7.70. The predicted octanol–water partition coefficient (Wildman–Crippen LogP) is 10.6. The molecule has 0 amide bonds. The highest BCUT2D eigenvalue weighted by atomic mass is 32.1. The summed E-state index contributed by atoms with van der Waals surface area (Å²) in [7, 11) is 0. The zero-order valence-electron chi connectivity index (χ0n) is 23.2. The van der Waals surface area contributed by atoms with Gasteiger partial charge in [0.25, 0.3) is 0 Å². The first-order chi connectivity index (χ1) is 21.3. The van der Waals surface area contributed by atoms with Crippen LogP contribution in [-0.4, -0.2) is 15.0 Å². The Bertz CT molecular complexity index is 2150. The van der Waals surface area contributed by atoms with E-state index in [2.05, 4.69) is 91.0 Å². The highest BCUT2D eigenvalue weighted by Gasteiger charge is 2.16. The van der Waals surface area contributed by atoms with Crippen LogP contribution in [0.4, 0.5) is 0 Å². The van der Waals surface area contributed by atoms with Crippen molar-refractivity contribution in [1.29, 1.82) is 0 Å². The van der Waals surface area contributed by atoms with E-state index in [0.29, 0.717) is 17.5 Å². The number of hydrogen-bond donors (Lipinski definition) is 0. The third-order valence-electron chi connectivity index (χ3n) is 7.74. The van der Waals surface area contributed by atoms with E-state index in [-0.39, 0.29) is 0 Å². The van der Waals surface area contributed by atoms with Crippen molar-refractivity contribution in [1.82, 2.24) is 15.0 Å². The molecule has 2 aromatic heterocycles. The fourth-order valence-electron chi connectivity index (χ4n) is 5.62. The smallest absolute Gasteiger partial charge is 0.164 e. The summed E-state index contributed by atoms with van der Waals surface area (Å²) in [5, 5.41) is 2.59. The van der Waals surface area contributed by atoms with E-state index in [1.165, 1.54) is 36.9 Å². The van der Waals surface area contributed by atoms with Gasteiger partial charge in [0.1, 0.15) is 0 Å². The van der Waals surface area contributed by atoms with E-state index in [1.54, 1.807) is 0 Å². The van der Waals surface area contributed by atoms with Crippen LogP contribution >= 0.6 is 11.3 Å². The maximum Gasteiger partial charge on any atom is 0.164 e. The Morgan fingerprint density at radius 3 is 1.40 bits per heavy atom. The Labute approximate surface area is 253 Å². The lowest BCUT2D eigenvalue weighted by molar-refractivity contribution is 1.07. The van der Waals surface area contributed by atoms with E-state index in [0.717, 1.165) is 22.3 Å². The molecular weight excluding hydrogens is 543 g/mol. The molecule has 8 rings (SSSR count). The van der Waals surface area contributed by atoms with Crippen LogP contribution in [0.15, 0.2) is 152 Å². The minimum Gasteiger partial charge on any atom is -0.208 e. The first-order valence-corrected chi connectivity index (χ1v) is 15.1. The molecular formula is C39H25N3S. The van der Waals surface area contributed by atoms with Gasteiger partial charge in [-0.05, 0) is 40.5 Å². The Kier molecular flexibility index (Phi) is 6.32. The number of benzene rings is 6. The van der Waals surface area contributed by atoms with Crippen molar-refractivity contribution in [3.8, 4) is 56.4 Å². The molecule has 6 aromatic carbocycles. The van der Waals surface area contributed by atoms with Gasteiger partial charge in [-0.1, -0.05) is 133 Å². The van der Waals surface area contributed by atoms with Gasteiger partial charge >= 0.3 is 0 Å². The molecule has 3 nitrogen and oxygen atoms in total. The molecule has 0 aliphatic heterocycles.